The van der Waals surface area contributed by atoms with E-state index in [2.05, 4.69) is 9.89 Å². The van der Waals surface area contributed by atoms with Crippen LogP contribution >= 0.6 is 35.3 Å². The van der Waals surface area contributed by atoms with Gasteiger partial charge in [-0.05, 0) is 31.2 Å². The summed E-state index contributed by atoms with van der Waals surface area (Å²) in [5, 5.41) is 12.4. The molecule has 0 amide bonds. The summed E-state index contributed by atoms with van der Waals surface area (Å²) < 4.78 is 0. The largest absolute Gasteiger partial charge is 0.383 e. The molecule has 6 heteroatoms. The van der Waals surface area contributed by atoms with Crippen LogP contribution in [0.1, 0.15) is 37.5 Å². The van der Waals surface area contributed by atoms with Gasteiger partial charge in [-0.15, -0.1) is 35.3 Å². The number of rotatable bonds is 3. The Morgan fingerprint density at radius 2 is 2.05 bits per heavy atom. The van der Waals surface area contributed by atoms with Crippen molar-refractivity contribution < 1.29 is 5.11 Å². The van der Waals surface area contributed by atoms with Crippen molar-refractivity contribution in [1.29, 1.82) is 0 Å². The monoisotopic (exact) mass is 409 g/mol. The van der Waals surface area contributed by atoms with E-state index >= 15 is 0 Å². The molecule has 1 atom stereocenters. The second-order valence-electron chi connectivity index (χ2n) is 5.33. The molecule has 2 heterocycles. The van der Waals surface area contributed by atoms with Crippen LogP contribution < -0.4 is 5.73 Å². The summed E-state index contributed by atoms with van der Waals surface area (Å²) in [7, 11) is 0. The molecule has 1 saturated heterocycles. The van der Waals surface area contributed by atoms with E-state index in [4.69, 9.17) is 5.73 Å². The van der Waals surface area contributed by atoms with Crippen molar-refractivity contribution in [2.24, 2.45) is 10.7 Å². The van der Waals surface area contributed by atoms with Crippen LogP contribution in [0, 0.1) is 0 Å². The first-order valence-electron chi connectivity index (χ1n) is 6.91. The third-order valence-electron chi connectivity index (χ3n) is 3.53. The average molecular weight is 409 g/mol. The Labute approximate surface area is 142 Å². The van der Waals surface area contributed by atoms with Gasteiger partial charge >= 0.3 is 0 Å². The highest BCUT2D eigenvalue weighted by atomic mass is 127. The van der Waals surface area contributed by atoms with Gasteiger partial charge in [0.25, 0.3) is 0 Å². The fourth-order valence-electron chi connectivity index (χ4n) is 2.30. The van der Waals surface area contributed by atoms with Crippen molar-refractivity contribution in [3.63, 3.8) is 0 Å². The minimum atomic E-state index is -0.926. The van der Waals surface area contributed by atoms with E-state index in [0.717, 1.165) is 18.0 Å². The Balaban J connectivity index is 0.00000200. The molecule has 4 nitrogen and oxygen atoms in total. The molecule has 1 aromatic heterocycles. The maximum Gasteiger partial charge on any atom is 0.191 e. The molecule has 1 unspecified atom stereocenters. The van der Waals surface area contributed by atoms with Crippen LogP contribution in [0.3, 0.4) is 0 Å². The summed E-state index contributed by atoms with van der Waals surface area (Å²) in [6, 6.07) is 3.87. The molecule has 1 fully saturated rings. The first-order valence-corrected chi connectivity index (χ1v) is 7.79. The zero-order valence-electron chi connectivity index (χ0n) is 11.9. The van der Waals surface area contributed by atoms with Crippen LogP contribution in [0.15, 0.2) is 22.5 Å². The molecular weight excluding hydrogens is 385 g/mol. The highest BCUT2D eigenvalue weighted by Crippen LogP contribution is 2.25. The lowest BCUT2D eigenvalue weighted by Crippen LogP contribution is -2.39. The number of nitrogens with two attached hydrogens (primary N) is 1. The van der Waals surface area contributed by atoms with E-state index < -0.39 is 5.60 Å². The topological polar surface area (TPSA) is 61.9 Å². The van der Waals surface area contributed by atoms with Gasteiger partial charge in [-0.3, -0.25) is 0 Å². The summed E-state index contributed by atoms with van der Waals surface area (Å²) in [5.74, 6) is 0.568. The van der Waals surface area contributed by atoms with Gasteiger partial charge in [0.05, 0.1) is 6.54 Å². The lowest BCUT2D eigenvalue weighted by atomic mass is 10.1. The molecule has 2 rings (SSSR count). The molecule has 0 radical (unpaired) electrons. The second-order valence-corrected chi connectivity index (χ2v) is 6.27. The summed E-state index contributed by atoms with van der Waals surface area (Å²) in [5.41, 5.74) is 5.12. The number of guanidine groups is 1. The molecule has 1 aromatic rings. The van der Waals surface area contributed by atoms with Crippen molar-refractivity contribution in [2.75, 3.05) is 19.6 Å². The Hall–Kier alpha value is -0.340. The molecule has 1 aliphatic heterocycles. The zero-order valence-corrected chi connectivity index (χ0v) is 15.1. The number of halogens is 1. The van der Waals surface area contributed by atoms with Crippen LogP contribution in [-0.2, 0) is 5.60 Å². The van der Waals surface area contributed by atoms with E-state index in [9.17, 15) is 5.11 Å². The molecule has 1 aliphatic rings. The molecule has 20 heavy (non-hydrogen) atoms. The smallest absolute Gasteiger partial charge is 0.191 e. The third kappa shape index (κ3) is 4.89. The van der Waals surface area contributed by atoms with Crippen LogP contribution in [0.4, 0.5) is 0 Å². The summed E-state index contributed by atoms with van der Waals surface area (Å²) in [6.07, 6.45) is 4.91. The van der Waals surface area contributed by atoms with Crippen molar-refractivity contribution in [2.45, 2.75) is 38.2 Å². The van der Waals surface area contributed by atoms with Gasteiger partial charge in [0, 0.05) is 18.0 Å². The van der Waals surface area contributed by atoms with Crippen LogP contribution in [-0.4, -0.2) is 35.6 Å². The number of hydrogen-bond donors (Lipinski definition) is 2. The predicted octanol–water partition coefficient (Wildman–Crippen LogP) is 2.76. The Bertz CT molecular complexity index is 412. The normalized spacial score (nSPS) is 19.9. The van der Waals surface area contributed by atoms with Gasteiger partial charge in [-0.25, -0.2) is 4.99 Å². The van der Waals surface area contributed by atoms with Crippen LogP contribution in [0.2, 0.25) is 0 Å². The molecule has 114 valence electrons. The van der Waals surface area contributed by atoms with Gasteiger partial charge < -0.3 is 15.7 Å². The van der Waals surface area contributed by atoms with Gasteiger partial charge in [-0.2, -0.15) is 0 Å². The Kier molecular flexibility index (Phi) is 7.25. The molecule has 0 aliphatic carbocycles. The predicted molar refractivity (Wildman–Crippen MR) is 95.8 cm³/mol. The second kappa shape index (κ2) is 8.19. The Morgan fingerprint density at radius 1 is 1.40 bits per heavy atom. The summed E-state index contributed by atoms with van der Waals surface area (Å²) >= 11 is 1.55. The van der Waals surface area contributed by atoms with Crippen molar-refractivity contribution >= 4 is 41.3 Å². The van der Waals surface area contributed by atoms with Crippen molar-refractivity contribution in [3.05, 3.63) is 22.4 Å². The lowest BCUT2D eigenvalue weighted by molar-refractivity contribution is 0.0709. The lowest BCUT2D eigenvalue weighted by Gasteiger charge is -2.24. The number of likely N-dealkylation sites (tertiary alicyclic amines) is 1. The minimum absolute atomic E-state index is 0. The summed E-state index contributed by atoms with van der Waals surface area (Å²) in [4.78, 5) is 7.46. The van der Waals surface area contributed by atoms with Gasteiger partial charge in [0.15, 0.2) is 5.96 Å². The van der Waals surface area contributed by atoms with E-state index in [0.29, 0.717) is 12.5 Å². The number of thiophene rings is 1. The van der Waals surface area contributed by atoms with Gasteiger partial charge in [0.2, 0.25) is 0 Å². The van der Waals surface area contributed by atoms with Crippen molar-refractivity contribution in [1.82, 2.24) is 4.90 Å². The first-order chi connectivity index (χ1) is 9.09. The van der Waals surface area contributed by atoms with Crippen LogP contribution in [0.25, 0.3) is 0 Å². The standard InChI is InChI=1S/C14H23N3OS.HI/c1-14(18,12-7-6-10-19-12)11-16-13(15)17-8-4-2-3-5-9-17;/h6-7,10,18H,2-5,8-9,11H2,1H3,(H2,15,16);1H. The molecular formula is C14H24IN3OS. The SMILES string of the molecule is CC(O)(CN=C(N)N1CCCCCC1)c1cccs1.I. The molecule has 3 N–H and O–H groups in total. The molecule has 0 spiro atoms. The molecule has 0 aromatic carbocycles. The fraction of sp³-hybridized carbons (Fsp3) is 0.643. The number of aliphatic imine (C=N–C) groups is 1. The number of hydrogen-bond acceptors (Lipinski definition) is 3. The Morgan fingerprint density at radius 3 is 2.60 bits per heavy atom. The van der Waals surface area contributed by atoms with E-state index in [1.54, 1.807) is 18.3 Å². The highest BCUT2D eigenvalue weighted by molar-refractivity contribution is 14.0. The maximum atomic E-state index is 10.4. The van der Waals surface area contributed by atoms with Crippen LogP contribution in [0.5, 0.6) is 0 Å². The van der Waals surface area contributed by atoms with Gasteiger partial charge in [0.1, 0.15) is 5.60 Å². The quantitative estimate of drug-likeness (QED) is 0.459. The van der Waals surface area contributed by atoms with Crippen molar-refractivity contribution in [3.8, 4) is 0 Å². The summed E-state index contributed by atoms with van der Waals surface area (Å²) in [6.45, 7) is 4.07. The fourth-order valence-corrected chi connectivity index (χ4v) is 3.08. The minimum Gasteiger partial charge on any atom is -0.383 e. The molecule has 0 bridgehead atoms. The first kappa shape index (κ1) is 17.7. The maximum absolute atomic E-state index is 10.4. The van der Waals surface area contributed by atoms with E-state index in [-0.39, 0.29) is 24.0 Å². The van der Waals surface area contributed by atoms with E-state index in [1.165, 1.54) is 25.7 Å². The number of aliphatic hydroxyl groups is 1. The zero-order chi connectivity index (χ0) is 13.7. The van der Waals surface area contributed by atoms with Gasteiger partial charge in [-0.1, -0.05) is 18.9 Å². The average Bonchev–Trinajstić information content (AvgIpc) is 2.80. The van der Waals surface area contributed by atoms with E-state index in [1.807, 2.05) is 17.5 Å². The molecule has 0 saturated carbocycles. The number of nitrogens with zero attached hydrogens (tertiary/aromatic N) is 2. The highest BCUT2D eigenvalue weighted by Gasteiger charge is 2.24. The third-order valence-corrected chi connectivity index (χ3v) is 4.65.